The number of aromatic nitrogens is 3. The number of nitrogens with zero attached hydrogens (tertiary/aromatic N) is 4. The van der Waals surface area contributed by atoms with Crippen molar-refractivity contribution in [3.63, 3.8) is 0 Å². The number of halogens is 1. The van der Waals surface area contributed by atoms with Gasteiger partial charge in [0.2, 0.25) is 5.16 Å². The molecule has 2 heterocycles. The molecule has 0 aliphatic carbocycles. The summed E-state index contributed by atoms with van der Waals surface area (Å²) in [5.41, 5.74) is 0.818. The van der Waals surface area contributed by atoms with Gasteiger partial charge in [0.25, 0.3) is 0 Å². The summed E-state index contributed by atoms with van der Waals surface area (Å²) in [5, 5.41) is 5.39. The Morgan fingerprint density at radius 2 is 2.13 bits per heavy atom. The third-order valence-corrected chi connectivity index (χ3v) is 5.07. The van der Waals surface area contributed by atoms with E-state index in [0.717, 1.165) is 38.5 Å². The number of benzene rings is 1. The molecule has 1 aromatic heterocycles. The molecule has 0 radical (unpaired) electrons. The largest absolute Gasteiger partial charge is 0.379 e. The Labute approximate surface area is 142 Å². The number of ether oxygens (including phenoxy) is 1. The van der Waals surface area contributed by atoms with Crippen LogP contribution in [0.3, 0.4) is 0 Å². The van der Waals surface area contributed by atoms with Crippen LogP contribution in [0, 0.1) is 6.92 Å². The van der Waals surface area contributed by atoms with E-state index in [1.807, 2.05) is 25.1 Å². The molecule has 124 valence electrons. The molecule has 0 amide bonds. The van der Waals surface area contributed by atoms with Crippen molar-refractivity contribution < 1.29 is 8.95 Å². The fourth-order valence-electron chi connectivity index (χ4n) is 2.44. The summed E-state index contributed by atoms with van der Waals surface area (Å²) in [5.74, 6) is 1.22. The van der Waals surface area contributed by atoms with E-state index in [0.29, 0.717) is 21.8 Å². The van der Waals surface area contributed by atoms with Crippen molar-refractivity contribution in [2.75, 3.05) is 38.6 Å². The smallest absolute Gasteiger partial charge is 0.239 e. The Morgan fingerprint density at radius 3 is 2.87 bits per heavy atom. The maximum absolute atomic E-state index is 12.4. The molecule has 1 atom stereocenters. The van der Waals surface area contributed by atoms with Gasteiger partial charge in [-0.15, -0.1) is 5.10 Å². The molecule has 1 aliphatic heterocycles. The first-order chi connectivity index (χ1) is 11.1. The van der Waals surface area contributed by atoms with Gasteiger partial charge in [0.15, 0.2) is 0 Å². The Balaban J connectivity index is 1.68. The van der Waals surface area contributed by atoms with Crippen LogP contribution in [0.1, 0.15) is 5.82 Å². The fraction of sp³-hybridized carbons (Fsp3) is 0.467. The van der Waals surface area contributed by atoms with Crippen molar-refractivity contribution in [2.24, 2.45) is 0 Å². The lowest BCUT2D eigenvalue weighted by atomic mass is 10.3. The summed E-state index contributed by atoms with van der Waals surface area (Å²) in [7, 11) is -1.21. The third-order valence-electron chi connectivity index (χ3n) is 3.70. The van der Waals surface area contributed by atoms with Gasteiger partial charge in [0.05, 0.1) is 29.7 Å². The molecule has 1 aliphatic rings. The standard InChI is InChI=1S/C15H19ClN4O2S/c1-12-17-15(18-20(12)14-4-2-3-13(16)11-14)23(21)10-7-19-5-8-22-9-6-19/h2-4,11H,5-10H2,1H3. The molecule has 2 aromatic rings. The highest BCUT2D eigenvalue weighted by molar-refractivity contribution is 7.84. The Kier molecular flexibility index (Phi) is 5.42. The summed E-state index contributed by atoms with van der Waals surface area (Å²) in [4.78, 5) is 6.60. The second-order valence-corrected chi connectivity index (χ2v) is 7.24. The second kappa shape index (κ2) is 7.53. The van der Waals surface area contributed by atoms with E-state index in [4.69, 9.17) is 16.3 Å². The molecule has 8 heteroatoms. The Hall–Kier alpha value is -1.28. The van der Waals surface area contributed by atoms with Crippen molar-refractivity contribution in [3.8, 4) is 5.69 Å². The average Bonchev–Trinajstić information content (AvgIpc) is 2.95. The molecular formula is C15H19ClN4O2S. The van der Waals surface area contributed by atoms with E-state index in [2.05, 4.69) is 15.0 Å². The zero-order valence-electron chi connectivity index (χ0n) is 12.9. The Morgan fingerprint density at radius 1 is 1.35 bits per heavy atom. The van der Waals surface area contributed by atoms with Gasteiger partial charge >= 0.3 is 0 Å². The van der Waals surface area contributed by atoms with Crippen LogP contribution in [0.15, 0.2) is 29.4 Å². The minimum absolute atomic E-state index is 0.371. The third kappa shape index (κ3) is 4.17. The number of hydrogen-bond donors (Lipinski definition) is 0. The molecular weight excluding hydrogens is 336 g/mol. The lowest BCUT2D eigenvalue weighted by molar-refractivity contribution is 0.0409. The van der Waals surface area contributed by atoms with Crippen LogP contribution >= 0.6 is 11.6 Å². The molecule has 6 nitrogen and oxygen atoms in total. The molecule has 1 aromatic carbocycles. The van der Waals surface area contributed by atoms with Crippen molar-refractivity contribution in [1.29, 1.82) is 0 Å². The zero-order valence-corrected chi connectivity index (χ0v) is 14.5. The van der Waals surface area contributed by atoms with Gasteiger partial charge < -0.3 is 4.74 Å². The summed E-state index contributed by atoms with van der Waals surface area (Å²) >= 11 is 6.01. The van der Waals surface area contributed by atoms with E-state index >= 15 is 0 Å². The lowest BCUT2D eigenvalue weighted by Crippen LogP contribution is -2.38. The van der Waals surface area contributed by atoms with Crippen LogP contribution in [0.5, 0.6) is 0 Å². The highest BCUT2D eigenvalue weighted by atomic mass is 35.5. The lowest BCUT2D eigenvalue weighted by Gasteiger charge is -2.25. The van der Waals surface area contributed by atoms with Gasteiger partial charge in [0.1, 0.15) is 5.82 Å². The molecule has 0 saturated carbocycles. The van der Waals surface area contributed by atoms with Crippen LogP contribution in [0.4, 0.5) is 0 Å². The highest BCUT2D eigenvalue weighted by Gasteiger charge is 2.16. The molecule has 3 rings (SSSR count). The van der Waals surface area contributed by atoms with Crippen LogP contribution < -0.4 is 0 Å². The zero-order chi connectivity index (χ0) is 16.2. The van der Waals surface area contributed by atoms with Gasteiger partial charge in [-0.3, -0.25) is 9.11 Å². The first kappa shape index (κ1) is 16.6. The van der Waals surface area contributed by atoms with Gasteiger partial charge in [-0.25, -0.2) is 9.67 Å². The molecule has 0 bridgehead atoms. The van der Waals surface area contributed by atoms with Gasteiger partial charge in [-0.05, 0) is 25.1 Å². The molecule has 1 fully saturated rings. The summed E-state index contributed by atoms with van der Waals surface area (Å²) in [6, 6.07) is 7.37. The van der Waals surface area contributed by atoms with E-state index in [1.54, 1.807) is 10.7 Å². The second-order valence-electron chi connectivity index (χ2n) is 5.34. The summed E-state index contributed by atoms with van der Waals surface area (Å²) in [6.07, 6.45) is 0. The maximum Gasteiger partial charge on any atom is 0.239 e. The first-order valence-electron chi connectivity index (χ1n) is 7.51. The molecule has 23 heavy (non-hydrogen) atoms. The number of rotatable bonds is 5. The van der Waals surface area contributed by atoms with E-state index < -0.39 is 10.8 Å². The van der Waals surface area contributed by atoms with Gasteiger partial charge in [-0.2, -0.15) is 0 Å². The SMILES string of the molecule is Cc1nc(S(=O)CCN2CCOCC2)nn1-c1cccc(Cl)c1. The minimum atomic E-state index is -1.21. The van der Waals surface area contributed by atoms with Crippen LogP contribution in [0.2, 0.25) is 5.02 Å². The monoisotopic (exact) mass is 354 g/mol. The predicted octanol–water partition coefficient (Wildman–Crippen LogP) is 1.67. The topological polar surface area (TPSA) is 60.3 Å². The number of hydrogen-bond acceptors (Lipinski definition) is 5. The van der Waals surface area contributed by atoms with Crippen LogP contribution in [0.25, 0.3) is 5.69 Å². The fourth-order valence-corrected chi connectivity index (χ4v) is 3.64. The van der Waals surface area contributed by atoms with Crippen LogP contribution in [-0.2, 0) is 15.5 Å². The van der Waals surface area contributed by atoms with Gasteiger partial charge in [-0.1, -0.05) is 17.7 Å². The number of aryl methyl sites for hydroxylation is 1. The molecule has 1 saturated heterocycles. The first-order valence-corrected chi connectivity index (χ1v) is 9.21. The molecule has 0 spiro atoms. The Bertz CT molecular complexity index is 701. The molecule has 0 N–H and O–H groups in total. The quantitative estimate of drug-likeness (QED) is 0.817. The van der Waals surface area contributed by atoms with E-state index in [1.165, 1.54) is 0 Å². The predicted molar refractivity (Wildman–Crippen MR) is 89.6 cm³/mol. The maximum atomic E-state index is 12.4. The van der Waals surface area contributed by atoms with E-state index in [-0.39, 0.29) is 0 Å². The average molecular weight is 355 g/mol. The summed E-state index contributed by atoms with van der Waals surface area (Å²) < 4.78 is 19.4. The van der Waals surface area contributed by atoms with E-state index in [9.17, 15) is 4.21 Å². The number of morpholine rings is 1. The van der Waals surface area contributed by atoms with Gasteiger partial charge in [0, 0.05) is 30.4 Å². The highest BCUT2D eigenvalue weighted by Crippen LogP contribution is 2.16. The normalized spacial score (nSPS) is 17.3. The molecule has 1 unspecified atom stereocenters. The van der Waals surface area contributed by atoms with Crippen molar-refractivity contribution in [3.05, 3.63) is 35.1 Å². The van der Waals surface area contributed by atoms with Crippen molar-refractivity contribution in [1.82, 2.24) is 19.7 Å². The van der Waals surface area contributed by atoms with Crippen molar-refractivity contribution >= 4 is 22.4 Å². The van der Waals surface area contributed by atoms with Crippen LogP contribution in [-0.4, -0.2) is 62.5 Å². The summed E-state index contributed by atoms with van der Waals surface area (Å²) in [6.45, 7) is 5.87. The minimum Gasteiger partial charge on any atom is -0.379 e. The van der Waals surface area contributed by atoms with Crippen molar-refractivity contribution in [2.45, 2.75) is 12.1 Å².